The van der Waals surface area contributed by atoms with Crippen molar-refractivity contribution in [3.05, 3.63) is 28.3 Å². The first kappa shape index (κ1) is 9.78. The zero-order chi connectivity index (χ0) is 10.7. The van der Waals surface area contributed by atoms with Crippen LogP contribution in [0, 0.1) is 10.1 Å². The summed E-state index contributed by atoms with van der Waals surface area (Å²) in [5.74, 6) is -0.283. The number of nitrogens with two attached hydrogens (primary N) is 1. The Morgan fingerprint density at radius 1 is 1.57 bits per heavy atom. The lowest BCUT2D eigenvalue weighted by molar-refractivity contribution is -0.384. The SMILES string of the molecule is NC(=O)Nc1cc([N+](=O)[O-])ccc1O. The number of urea groups is 1. The molecule has 0 aromatic heterocycles. The average Bonchev–Trinajstić information content (AvgIpc) is 2.07. The minimum atomic E-state index is -0.902. The van der Waals surface area contributed by atoms with Crippen molar-refractivity contribution in [1.82, 2.24) is 0 Å². The molecule has 7 nitrogen and oxygen atoms in total. The van der Waals surface area contributed by atoms with E-state index in [0.717, 1.165) is 18.2 Å². The van der Waals surface area contributed by atoms with Gasteiger partial charge in [-0.15, -0.1) is 0 Å². The number of hydrogen-bond donors (Lipinski definition) is 3. The van der Waals surface area contributed by atoms with E-state index in [2.05, 4.69) is 5.32 Å². The van der Waals surface area contributed by atoms with E-state index in [0.29, 0.717) is 0 Å². The van der Waals surface area contributed by atoms with Gasteiger partial charge in [0.1, 0.15) is 5.75 Å². The number of aromatic hydroxyl groups is 1. The van der Waals surface area contributed by atoms with E-state index >= 15 is 0 Å². The molecular formula is C7H7N3O4. The van der Waals surface area contributed by atoms with E-state index in [1.54, 1.807) is 0 Å². The first-order valence-electron chi connectivity index (χ1n) is 3.54. The van der Waals surface area contributed by atoms with Crippen LogP contribution in [0.2, 0.25) is 0 Å². The number of primary amides is 1. The number of benzene rings is 1. The van der Waals surface area contributed by atoms with Crippen molar-refractivity contribution < 1.29 is 14.8 Å². The molecule has 1 rings (SSSR count). The number of amides is 2. The molecule has 0 bridgehead atoms. The van der Waals surface area contributed by atoms with Crippen LogP contribution in [-0.2, 0) is 0 Å². The summed E-state index contributed by atoms with van der Waals surface area (Å²) in [5, 5.41) is 21.6. The van der Waals surface area contributed by atoms with Gasteiger partial charge in [-0.1, -0.05) is 0 Å². The van der Waals surface area contributed by atoms with Crippen LogP contribution in [0.5, 0.6) is 5.75 Å². The number of nitro benzene ring substituents is 1. The number of phenolic OH excluding ortho intramolecular Hbond substituents is 1. The molecule has 0 radical (unpaired) electrons. The number of non-ortho nitro benzene ring substituents is 1. The Hall–Kier alpha value is -2.31. The minimum absolute atomic E-state index is 0.0910. The molecule has 0 saturated carbocycles. The van der Waals surface area contributed by atoms with Gasteiger partial charge < -0.3 is 16.2 Å². The summed E-state index contributed by atoms with van der Waals surface area (Å²) >= 11 is 0. The molecule has 1 aromatic rings. The van der Waals surface area contributed by atoms with Crippen LogP contribution in [0.25, 0.3) is 0 Å². The molecule has 0 saturated heterocycles. The van der Waals surface area contributed by atoms with E-state index in [1.807, 2.05) is 0 Å². The number of nitro groups is 1. The Kier molecular flexibility index (Phi) is 2.52. The summed E-state index contributed by atoms with van der Waals surface area (Å²) < 4.78 is 0. The molecule has 1 aromatic carbocycles. The number of carbonyl (C=O) groups excluding carboxylic acids is 1. The van der Waals surface area contributed by atoms with Gasteiger partial charge in [0.05, 0.1) is 10.6 Å². The fraction of sp³-hybridized carbons (Fsp3) is 0. The van der Waals surface area contributed by atoms with Gasteiger partial charge in [-0.3, -0.25) is 10.1 Å². The monoisotopic (exact) mass is 197 g/mol. The number of carbonyl (C=O) groups is 1. The highest BCUT2D eigenvalue weighted by Gasteiger charge is 2.10. The number of hydrogen-bond acceptors (Lipinski definition) is 4. The van der Waals surface area contributed by atoms with Crippen LogP contribution in [0.1, 0.15) is 0 Å². The molecule has 7 heteroatoms. The largest absolute Gasteiger partial charge is 0.506 e. The van der Waals surface area contributed by atoms with Crippen molar-refractivity contribution in [2.45, 2.75) is 0 Å². The molecular weight excluding hydrogens is 190 g/mol. The van der Waals surface area contributed by atoms with Gasteiger partial charge in [-0.25, -0.2) is 4.79 Å². The molecule has 2 amide bonds. The first-order chi connectivity index (χ1) is 6.50. The smallest absolute Gasteiger partial charge is 0.316 e. The Labute approximate surface area is 78.3 Å². The van der Waals surface area contributed by atoms with Gasteiger partial charge in [0.2, 0.25) is 0 Å². The predicted octanol–water partition coefficient (Wildman–Crippen LogP) is 0.791. The van der Waals surface area contributed by atoms with E-state index in [9.17, 15) is 20.0 Å². The number of anilines is 1. The molecule has 0 atom stereocenters. The van der Waals surface area contributed by atoms with E-state index in [1.165, 1.54) is 0 Å². The van der Waals surface area contributed by atoms with Crippen molar-refractivity contribution in [3.8, 4) is 5.75 Å². The molecule has 0 aliphatic carbocycles. The summed E-state index contributed by atoms with van der Waals surface area (Å²) in [4.78, 5) is 20.1. The summed E-state index contributed by atoms with van der Waals surface area (Å²) in [6, 6.07) is 2.33. The van der Waals surface area contributed by atoms with Crippen molar-refractivity contribution >= 4 is 17.4 Å². The van der Waals surface area contributed by atoms with Crippen LogP contribution in [0.3, 0.4) is 0 Å². The van der Waals surface area contributed by atoms with Crippen LogP contribution < -0.4 is 11.1 Å². The van der Waals surface area contributed by atoms with Gasteiger partial charge >= 0.3 is 6.03 Å². The zero-order valence-electron chi connectivity index (χ0n) is 6.93. The van der Waals surface area contributed by atoms with Crippen LogP contribution in [-0.4, -0.2) is 16.1 Å². The van der Waals surface area contributed by atoms with Crippen molar-refractivity contribution in [3.63, 3.8) is 0 Å². The standard InChI is InChI=1S/C7H7N3O4/c8-7(12)9-5-3-4(10(13)14)1-2-6(5)11/h1-3,11H,(H3,8,9,12). The second kappa shape index (κ2) is 3.60. The van der Waals surface area contributed by atoms with Crippen LogP contribution in [0.4, 0.5) is 16.2 Å². The van der Waals surface area contributed by atoms with Crippen molar-refractivity contribution in [2.75, 3.05) is 5.32 Å². The zero-order valence-corrected chi connectivity index (χ0v) is 6.93. The van der Waals surface area contributed by atoms with Gasteiger partial charge in [-0.05, 0) is 6.07 Å². The Morgan fingerprint density at radius 3 is 2.71 bits per heavy atom. The highest BCUT2D eigenvalue weighted by Crippen LogP contribution is 2.27. The van der Waals surface area contributed by atoms with Gasteiger partial charge in [0.15, 0.2) is 0 Å². The molecule has 0 unspecified atom stereocenters. The van der Waals surface area contributed by atoms with Gasteiger partial charge in [0, 0.05) is 12.1 Å². The first-order valence-corrected chi connectivity index (χ1v) is 3.54. The van der Waals surface area contributed by atoms with Gasteiger partial charge in [-0.2, -0.15) is 0 Å². The third-order valence-corrected chi connectivity index (χ3v) is 1.45. The lowest BCUT2D eigenvalue weighted by atomic mass is 10.2. The minimum Gasteiger partial charge on any atom is -0.506 e. The highest BCUT2D eigenvalue weighted by molar-refractivity contribution is 5.90. The average molecular weight is 197 g/mol. The summed E-state index contributed by atoms with van der Waals surface area (Å²) in [5.41, 5.74) is 4.45. The summed E-state index contributed by atoms with van der Waals surface area (Å²) in [6.45, 7) is 0. The fourth-order valence-electron chi connectivity index (χ4n) is 0.870. The van der Waals surface area contributed by atoms with Gasteiger partial charge in [0.25, 0.3) is 5.69 Å². The molecule has 0 spiro atoms. The maximum absolute atomic E-state index is 10.4. The summed E-state index contributed by atoms with van der Waals surface area (Å²) in [7, 11) is 0. The molecule has 0 aliphatic heterocycles. The molecule has 74 valence electrons. The third kappa shape index (κ3) is 2.09. The van der Waals surface area contributed by atoms with E-state index in [-0.39, 0.29) is 17.1 Å². The Balaban J connectivity index is 3.08. The number of rotatable bonds is 2. The lowest BCUT2D eigenvalue weighted by Gasteiger charge is -2.03. The lowest BCUT2D eigenvalue weighted by Crippen LogP contribution is -2.19. The number of nitrogens with zero attached hydrogens (tertiary/aromatic N) is 1. The maximum Gasteiger partial charge on any atom is 0.316 e. The Morgan fingerprint density at radius 2 is 2.21 bits per heavy atom. The van der Waals surface area contributed by atoms with Crippen LogP contribution >= 0.6 is 0 Å². The fourth-order valence-corrected chi connectivity index (χ4v) is 0.870. The number of phenols is 1. The molecule has 0 aliphatic rings. The highest BCUT2D eigenvalue weighted by atomic mass is 16.6. The molecule has 0 heterocycles. The second-order valence-corrected chi connectivity index (χ2v) is 2.45. The molecule has 14 heavy (non-hydrogen) atoms. The Bertz CT molecular complexity index is 391. The number of nitrogens with one attached hydrogen (secondary N) is 1. The van der Waals surface area contributed by atoms with Crippen LogP contribution in [0.15, 0.2) is 18.2 Å². The van der Waals surface area contributed by atoms with Crippen molar-refractivity contribution in [1.29, 1.82) is 0 Å². The predicted molar refractivity (Wildman–Crippen MR) is 48.0 cm³/mol. The van der Waals surface area contributed by atoms with E-state index in [4.69, 9.17) is 5.73 Å². The second-order valence-electron chi connectivity index (χ2n) is 2.45. The van der Waals surface area contributed by atoms with E-state index < -0.39 is 11.0 Å². The van der Waals surface area contributed by atoms with Crippen molar-refractivity contribution in [2.24, 2.45) is 5.73 Å². The maximum atomic E-state index is 10.4. The summed E-state index contributed by atoms with van der Waals surface area (Å²) in [6.07, 6.45) is 0. The quantitative estimate of drug-likeness (QED) is 0.369. The molecule has 0 fully saturated rings. The third-order valence-electron chi connectivity index (χ3n) is 1.45. The topological polar surface area (TPSA) is 118 Å². The normalized spacial score (nSPS) is 9.43. The molecule has 4 N–H and O–H groups in total.